The molecule has 0 spiro atoms. The van der Waals surface area contributed by atoms with E-state index in [0.29, 0.717) is 23.1 Å². The molecule has 2 aromatic heterocycles. The highest BCUT2D eigenvalue weighted by molar-refractivity contribution is 7.90. The van der Waals surface area contributed by atoms with Crippen molar-refractivity contribution < 1.29 is 36.2 Å². The first-order chi connectivity index (χ1) is 20.0. The Hall–Kier alpha value is -4.45. The summed E-state index contributed by atoms with van der Waals surface area (Å²) in [6.45, 7) is 5.17. The van der Waals surface area contributed by atoms with Gasteiger partial charge in [-0.05, 0) is 56.2 Å². The molecule has 3 heterocycles. The summed E-state index contributed by atoms with van der Waals surface area (Å²) in [5.74, 6) is -3.30. The minimum Gasteiger partial charge on any atom is -0.501 e. The predicted molar refractivity (Wildman–Crippen MR) is 153 cm³/mol. The molecule has 0 unspecified atom stereocenters. The number of aromatic nitrogens is 2. The van der Waals surface area contributed by atoms with Gasteiger partial charge in [-0.15, -0.1) is 0 Å². The summed E-state index contributed by atoms with van der Waals surface area (Å²) in [5.41, 5.74) is -0.626. The van der Waals surface area contributed by atoms with Crippen LogP contribution in [-0.4, -0.2) is 44.1 Å². The normalized spacial score (nSPS) is 14.8. The zero-order valence-corrected chi connectivity index (χ0v) is 24.5. The number of halogens is 2. The summed E-state index contributed by atoms with van der Waals surface area (Å²) in [5, 5.41) is 0.408. The lowest BCUT2D eigenvalue weighted by Crippen LogP contribution is -2.48. The highest BCUT2D eigenvalue weighted by atomic mass is 32.2. The molecule has 42 heavy (non-hydrogen) atoms. The fourth-order valence-electron chi connectivity index (χ4n) is 5.30. The van der Waals surface area contributed by atoms with Crippen molar-refractivity contribution in [2.75, 3.05) is 25.7 Å². The number of hydrogen-bond donors (Lipinski definition) is 0. The number of carbonyl (C=O) groups is 1. The Morgan fingerprint density at radius 3 is 2.29 bits per heavy atom. The first-order valence-corrected chi connectivity index (χ1v) is 14.5. The van der Waals surface area contributed by atoms with Gasteiger partial charge in [-0.3, -0.25) is 4.79 Å². The molecule has 0 atom stereocenters. The topological polar surface area (TPSA) is 100.0 Å². The minimum absolute atomic E-state index is 0.0486. The van der Waals surface area contributed by atoms with Crippen LogP contribution in [0.1, 0.15) is 37.6 Å². The van der Waals surface area contributed by atoms with E-state index in [1.165, 1.54) is 44.9 Å². The maximum atomic E-state index is 15.5. The lowest BCUT2D eigenvalue weighted by atomic mass is 9.76. The highest BCUT2D eigenvalue weighted by Gasteiger charge is 2.45. The molecule has 0 saturated heterocycles. The van der Waals surface area contributed by atoms with E-state index >= 15 is 8.78 Å². The van der Waals surface area contributed by atoms with E-state index in [1.807, 2.05) is 0 Å². The Kier molecular flexibility index (Phi) is 7.44. The third kappa shape index (κ3) is 4.46. The average Bonchev–Trinajstić information content (AvgIpc) is 3.35. The quantitative estimate of drug-likeness (QED) is 0.251. The van der Waals surface area contributed by atoms with Crippen molar-refractivity contribution in [2.45, 2.75) is 37.6 Å². The third-order valence-electron chi connectivity index (χ3n) is 7.23. The van der Waals surface area contributed by atoms with E-state index in [0.717, 1.165) is 14.9 Å². The van der Waals surface area contributed by atoms with Gasteiger partial charge < -0.3 is 19.1 Å². The van der Waals surface area contributed by atoms with E-state index in [-0.39, 0.29) is 34.3 Å². The molecule has 1 aliphatic rings. The number of anilines is 1. The lowest BCUT2D eigenvalue weighted by Gasteiger charge is -2.39. The number of carbonyl (C=O) groups excluding carboxylic acids is 1. The molecule has 0 radical (unpaired) electrons. The Labute approximate surface area is 242 Å². The Balaban J connectivity index is 1.76. The molecule has 4 aromatic rings. The largest absolute Gasteiger partial charge is 0.501 e. The van der Waals surface area contributed by atoms with Gasteiger partial charge in [0.2, 0.25) is 5.91 Å². The van der Waals surface area contributed by atoms with Crippen molar-refractivity contribution in [2.24, 2.45) is 0 Å². The van der Waals surface area contributed by atoms with Crippen molar-refractivity contribution in [3.8, 4) is 11.5 Å². The molecule has 0 aliphatic carbocycles. The third-order valence-corrected chi connectivity index (χ3v) is 8.96. The maximum absolute atomic E-state index is 15.5. The molecule has 9 nitrogen and oxygen atoms in total. The summed E-state index contributed by atoms with van der Waals surface area (Å²) >= 11 is 0. The smallest absolute Gasteiger partial charge is 0.269 e. The van der Waals surface area contributed by atoms with Crippen LogP contribution in [0, 0.1) is 11.6 Å². The summed E-state index contributed by atoms with van der Waals surface area (Å²) in [6.07, 6.45) is 4.33. The molecule has 5 rings (SSSR count). The minimum atomic E-state index is -4.12. The van der Waals surface area contributed by atoms with Gasteiger partial charge in [0.25, 0.3) is 10.0 Å². The number of fused-ring (bicyclic) bond motifs is 3. The second-order valence-electron chi connectivity index (χ2n) is 10.1. The van der Waals surface area contributed by atoms with Gasteiger partial charge in [-0.25, -0.2) is 26.2 Å². The maximum Gasteiger partial charge on any atom is 0.269 e. The first kappa shape index (κ1) is 29.1. The number of rotatable bonds is 8. The molecule has 0 bridgehead atoms. The molecule has 12 heteroatoms. The Morgan fingerprint density at radius 2 is 1.69 bits per heavy atom. The van der Waals surface area contributed by atoms with Crippen LogP contribution < -0.4 is 14.4 Å². The van der Waals surface area contributed by atoms with Gasteiger partial charge in [0.15, 0.2) is 28.8 Å². The van der Waals surface area contributed by atoms with E-state index in [4.69, 9.17) is 14.2 Å². The fourth-order valence-corrected chi connectivity index (χ4v) is 6.78. The summed E-state index contributed by atoms with van der Waals surface area (Å²) in [7, 11) is -1.67. The van der Waals surface area contributed by atoms with Crippen molar-refractivity contribution in [3.63, 3.8) is 0 Å². The zero-order valence-electron chi connectivity index (χ0n) is 23.6. The SMILES string of the molecule is CCO/C=C/c1cc2c3c(cnc2n1S(=O)(=O)c1ccccc1)CN(c1c(F)c(OC)cc(OC)c1F)C(=O)C3(C)C. The van der Waals surface area contributed by atoms with Crippen LogP contribution in [0.4, 0.5) is 14.5 Å². The number of benzene rings is 2. The van der Waals surface area contributed by atoms with Crippen molar-refractivity contribution in [3.05, 3.63) is 83.4 Å². The van der Waals surface area contributed by atoms with Crippen molar-refractivity contribution >= 4 is 38.7 Å². The standard InChI is InChI=1S/C30H29F2N3O6S/c1-6-41-13-12-19-14-21-24-18(16-33-28(21)35(19)42(37,38)20-10-8-7-9-11-20)17-34(29(36)30(24,2)3)27-25(31)22(39-4)15-23(40-5)26(27)32/h7-16H,6,17H2,1-5H3/b13-12+. The zero-order chi connectivity index (χ0) is 30.4. The van der Waals surface area contributed by atoms with Crippen LogP contribution in [0.25, 0.3) is 17.1 Å². The van der Waals surface area contributed by atoms with Crippen LogP contribution in [0.5, 0.6) is 11.5 Å². The van der Waals surface area contributed by atoms with Gasteiger partial charge in [0, 0.05) is 17.6 Å². The van der Waals surface area contributed by atoms with Crippen LogP contribution >= 0.6 is 0 Å². The van der Waals surface area contributed by atoms with Crippen LogP contribution in [0.3, 0.4) is 0 Å². The Morgan fingerprint density at radius 1 is 1.05 bits per heavy atom. The summed E-state index contributed by atoms with van der Waals surface area (Å²) < 4.78 is 75.2. The van der Waals surface area contributed by atoms with E-state index in [1.54, 1.807) is 45.0 Å². The molecule has 2 aromatic carbocycles. The predicted octanol–water partition coefficient (Wildman–Crippen LogP) is 5.40. The van der Waals surface area contributed by atoms with Crippen LogP contribution in [0.2, 0.25) is 0 Å². The van der Waals surface area contributed by atoms with Gasteiger partial charge in [-0.2, -0.15) is 0 Å². The Bertz CT molecular complexity index is 1810. The lowest BCUT2D eigenvalue weighted by molar-refractivity contribution is -0.123. The van der Waals surface area contributed by atoms with Crippen molar-refractivity contribution in [1.29, 1.82) is 0 Å². The molecule has 1 aliphatic heterocycles. The number of pyridine rings is 1. The number of nitrogens with zero attached hydrogens (tertiary/aromatic N) is 3. The van der Waals surface area contributed by atoms with Gasteiger partial charge in [-0.1, -0.05) is 18.2 Å². The highest BCUT2D eigenvalue weighted by Crippen LogP contribution is 2.45. The fraction of sp³-hybridized carbons (Fsp3) is 0.267. The van der Waals surface area contributed by atoms with Crippen molar-refractivity contribution in [1.82, 2.24) is 8.96 Å². The van der Waals surface area contributed by atoms with E-state index in [9.17, 15) is 13.2 Å². The second-order valence-corrected chi connectivity index (χ2v) is 11.9. The van der Waals surface area contributed by atoms with E-state index < -0.39 is 38.7 Å². The van der Waals surface area contributed by atoms with Crippen LogP contribution in [0.15, 0.2) is 59.8 Å². The van der Waals surface area contributed by atoms with Gasteiger partial charge in [0.1, 0.15) is 5.69 Å². The molecule has 220 valence electrons. The van der Waals surface area contributed by atoms with E-state index in [2.05, 4.69) is 4.98 Å². The number of hydrogen-bond acceptors (Lipinski definition) is 7. The molecule has 0 N–H and O–H groups in total. The van der Waals surface area contributed by atoms with Gasteiger partial charge >= 0.3 is 0 Å². The summed E-state index contributed by atoms with van der Waals surface area (Å²) in [6, 6.07) is 10.6. The number of amides is 1. The number of methoxy groups -OCH3 is 2. The first-order valence-electron chi connectivity index (χ1n) is 13.0. The second kappa shape index (κ2) is 10.8. The molecular formula is C30H29F2N3O6S. The molecule has 0 fully saturated rings. The molecule has 0 saturated carbocycles. The molecular weight excluding hydrogens is 568 g/mol. The average molecular weight is 598 g/mol. The number of ether oxygens (including phenoxy) is 3. The monoisotopic (exact) mass is 597 g/mol. The summed E-state index contributed by atoms with van der Waals surface area (Å²) in [4.78, 5) is 19.6. The molecule has 1 amide bonds. The van der Waals surface area contributed by atoms with Crippen LogP contribution in [-0.2, 0) is 31.5 Å². The van der Waals surface area contributed by atoms with Gasteiger partial charge in [0.05, 0.1) is 49.6 Å².